The van der Waals surface area contributed by atoms with Crippen LogP contribution in [0.5, 0.6) is 0 Å². The van der Waals surface area contributed by atoms with Crippen LogP contribution in [0.25, 0.3) is 0 Å². The van der Waals surface area contributed by atoms with Gasteiger partial charge in [-0.3, -0.25) is 4.79 Å². The molecule has 0 saturated carbocycles. The average Bonchev–Trinajstić information content (AvgIpc) is 3.11. The summed E-state index contributed by atoms with van der Waals surface area (Å²) in [6.45, 7) is 5.91. The molecule has 1 heterocycles. The summed E-state index contributed by atoms with van der Waals surface area (Å²) in [6.07, 6.45) is 2.10. The molecule has 0 aliphatic carbocycles. The van der Waals surface area contributed by atoms with Gasteiger partial charge in [-0.2, -0.15) is 0 Å². The molecular weight excluding hydrogens is 352 g/mol. The van der Waals surface area contributed by atoms with Crippen LogP contribution in [0.15, 0.2) is 41.4 Å². The molecule has 8 heteroatoms. The largest absolute Gasteiger partial charge is 0.351 e. The fraction of sp³-hybridized carbons (Fsp3) is 0.500. The molecule has 1 N–H and O–H groups in total. The Bertz CT molecular complexity index is 645. The fourth-order valence-corrected chi connectivity index (χ4v) is 3.12. The van der Waals surface area contributed by atoms with Crippen LogP contribution in [0.3, 0.4) is 0 Å². The lowest BCUT2D eigenvalue weighted by molar-refractivity contribution is -0.145. The van der Waals surface area contributed by atoms with Crippen molar-refractivity contribution in [1.29, 1.82) is 0 Å². The quantitative estimate of drug-likeness (QED) is 0.347. The van der Waals surface area contributed by atoms with Gasteiger partial charge in [0, 0.05) is 24.7 Å². The maximum atomic E-state index is 12.1. The summed E-state index contributed by atoms with van der Waals surface area (Å²) >= 11 is 1.78. The Hall–Kier alpha value is -1.90. The van der Waals surface area contributed by atoms with Gasteiger partial charge in [-0.25, -0.2) is 4.68 Å². The van der Waals surface area contributed by atoms with Crippen LogP contribution in [-0.4, -0.2) is 52.7 Å². The Labute approximate surface area is 158 Å². The van der Waals surface area contributed by atoms with Gasteiger partial charge in [-0.15, -0.1) is 16.9 Å². The zero-order valence-electron chi connectivity index (χ0n) is 15.3. The fourth-order valence-electron chi connectivity index (χ4n) is 2.24. The average molecular weight is 378 g/mol. The second kappa shape index (κ2) is 11.7. The minimum absolute atomic E-state index is 0.217. The maximum Gasteiger partial charge on any atom is 0.273 e. The van der Waals surface area contributed by atoms with Gasteiger partial charge in [0.2, 0.25) is 0 Å². The Kier molecular flexibility index (Phi) is 9.16. The van der Waals surface area contributed by atoms with Gasteiger partial charge in [-0.05, 0) is 38.2 Å². The summed E-state index contributed by atoms with van der Waals surface area (Å²) in [4.78, 5) is 13.4. The lowest BCUT2D eigenvalue weighted by Crippen LogP contribution is -2.25. The lowest BCUT2D eigenvalue weighted by Gasteiger charge is -2.16. The minimum atomic E-state index is -0.391. The predicted molar refractivity (Wildman–Crippen MR) is 101 cm³/mol. The number of carbonyl (C=O) groups is 1. The van der Waals surface area contributed by atoms with E-state index in [4.69, 9.17) is 9.47 Å². The van der Waals surface area contributed by atoms with E-state index < -0.39 is 6.29 Å². The monoisotopic (exact) mass is 378 g/mol. The van der Waals surface area contributed by atoms with Crippen LogP contribution >= 0.6 is 11.8 Å². The van der Waals surface area contributed by atoms with Crippen LogP contribution in [0.1, 0.15) is 30.8 Å². The second-order valence-electron chi connectivity index (χ2n) is 5.44. The Morgan fingerprint density at radius 3 is 2.65 bits per heavy atom. The molecule has 0 unspecified atom stereocenters. The number of nitrogens with one attached hydrogen (secondary N) is 1. The van der Waals surface area contributed by atoms with Gasteiger partial charge in [0.25, 0.3) is 5.91 Å². The van der Waals surface area contributed by atoms with Gasteiger partial charge >= 0.3 is 0 Å². The molecule has 142 valence electrons. The molecule has 2 aromatic rings. The van der Waals surface area contributed by atoms with Crippen LogP contribution in [0, 0.1) is 0 Å². The molecule has 0 aliphatic rings. The minimum Gasteiger partial charge on any atom is -0.351 e. The Morgan fingerprint density at radius 1 is 1.23 bits per heavy atom. The van der Waals surface area contributed by atoms with Gasteiger partial charge in [0.05, 0.1) is 12.7 Å². The third-order valence-corrected chi connectivity index (χ3v) is 4.53. The van der Waals surface area contributed by atoms with E-state index in [0.717, 1.165) is 12.2 Å². The van der Waals surface area contributed by atoms with Crippen molar-refractivity contribution >= 4 is 17.7 Å². The number of nitrogens with zero attached hydrogens (tertiary/aromatic N) is 3. The molecule has 0 saturated heterocycles. The Balaban J connectivity index is 1.70. The van der Waals surface area contributed by atoms with Crippen molar-refractivity contribution in [2.75, 3.05) is 25.5 Å². The smallest absolute Gasteiger partial charge is 0.273 e. The molecular formula is C18H26N4O3S. The molecule has 0 radical (unpaired) electrons. The van der Waals surface area contributed by atoms with Crippen LogP contribution < -0.4 is 5.32 Å². The SMILES string of the molecule is CCOC(Cn1cc(C(=O)NCCCSc2ccccc2)nn1)OCC. The van der Waals surface area contributed by atoms with Crippen molar-refractivity contribution in [1.82, 2.24) is 20.3 Å². The van der Waals surface area contributed by atoms with E-state index >= 15 is 0 Å². The number of benzene rings is 1. The van der Waals surface area contributed by atoms with Gasteiger partial charge in [0.15, 0.2) is 12.0 Å². The number of hydrogen-bond donors (Lipinski definition) is 1. The Morgan fingerprint density at radius 2 is 1.96 bits per heavy atom. The number of aromatic nitrogens is 3. The highest BCUT2D eigenvalue weighted by Gasteiger charge is 2.14. The summed E-state index contributed by atoms with van der Waals surface area (Å²) in [5.74, 6) is 0.729. The molecule has 1 aromatic heterocycles. The lowest BCUT2D eigenvalue weighted by atomic mass is 10.4. The van der Waals surface area contributed by atoms with E-state index in [1.165, 1.54) is 4.90 Å². The number of hydrogen-bond acceptors (Lipinski definition) is 6. The highest BCUT2D eigenvalue weighted by molar-refractivity contribution is 7.99. The molecule has 0 spiro atoms. The molecule has 0 fully saturated rings. The third-order valence-electron chi connectivity index (χ3n) is 3.43. The molecule has 0 atom stereocenters. The number of ether oxygens (including phenoxy) is 2. The number of carbonyl (C=O) groups excluding carboxylic acids is 1. The van der Waals surface area contributed by atoms with E-state index in [-0.39, 0.29) is 5.91 Å². The topological polar surface area (TPSA) is 78.3 Å². The van der Waals surface area contributed by atoms with Crippen molar-refractivity contribution in [3.63, 3.8) is 0 Å². The molecule has 1 aromatic carbocycles. The summed E-state index contributed by atoms with van der Waals surface area (Å²) in [7, 11) is 0. The highest BCUT2D eigenvalue weighted by atomic mass is 32.2. The van der Waals surface area contributed by atoms with Crippen molar-refractivity contribution < 1.29 is 14.3 Å². The number of rotatable bonds is 12. The maximum absolute atomic E-state index is 12.1. The normalized spacial score (nSPS) is 11.0. The van der Waals surface area contributed by atoms with Crippen LogP contribution in [0.2, 0.25) is 0 Å². The number of amides is 1. The molecule has 2 rings (SSSR count). The first-order valence-corrected chi connectivity index (χ1v) is 9.80. The van der Waals surface area contributed by atoms with Gasteiger partial charge < -0.3 is 14.8 Å². The summed E-state index contributed by atoms with van der Waals surface area (Å²) in [6, 6.07) is 10.2. The highest BCUT2D eigenvalue weighted by Crippen LogP contribution is 2.17. The van der Waals surface area contributed by atoms with E-state index in [9.17, 15) is 4.79 Å². The van der Waals surface area contributed by atoms with E-state index in [1.807, 2.05) is 32.0 Å². The van der Waals surface area contributed by atoms with E-state index in [0.29, 0.717) is 32.0 Å². The standard InChI is InChI=1S/C18H26N4O3S/c1-3-24-17(25-4-2)14-22-13-16(20-21-22)18(23)19-11-8-12-26-15-9-6-5-7-10-15/h5-7,9-10,13,17H,3-4,8,11-12,14H2,1-2H3,(H,19,23). The first kappa shape index (κ1) is 20.4. The van der Waals surface area contributed by atoms with Crippen molar-refractivity contribution in [3.8, 4) is 0 Å². The van der Waals surface area contributed by atoms with Crippen LogP contribution in [-0.2, 0) is 16.0 Å². The molecule has 0 bridgehead atoms. The molecule has 1 amide bonds. The van der Waals surface area contributed by atoms with Crippen molar-refractivity contribution in [3.05, 3.63) is 42.2 Å². The molecule has 7 nitrogen and oxygen atoms in total. The van der Waals surface area contributed by atoms with Gasteiger partial charge in [-0.1, -0.05) is 23.4 Å². The predicted octanol–water partition coefficient (Wildman–Crippen LogP) is 2.59. The van der Waals surface area contributed by atoms with Crippen molar-refractivity contribution in [2.45, 2.75) is 38.0 Å². The first-order chi connectivity index (χ1) is 12.7. The summed E-state index contributed by atoms with van der Waals surface area (Å²) < 4.78 is 12.5. The summed E-state index contributed by atoms with van der Waals surface area (Å²) in [5.41, 5.74) is 0.299. The zero-order chi connectivity index (χ0) is 18.6. The van der Waals surface area contributed by atoms with Crippen LogP contribution in [0.4, 0.5) is 0 Å². The first-order valence-electron chi connectivity index (χ1n) is 8.82. The van der Waals surface area contributed by atoms with Crippen molar-refractivity contribution in [2.24, 2.45) is 0 Å². The van der Waals surface area contributed by atoms with Gasteiger partial charge in [0.1, 0.15) is 0 Å². The second-order valence-corrected chi connectivity index (χ2v) is 6.61. The third kappa shape index (κ3) is 7.15. The zero-order valence-corrected chi connectivity index (χ0v) is 16.1. The number of thioether (sulfide) groups is 1. The molecule has 26 heavy (non-hydrogen) atoms. The van der Waals surface area contributed by atoms with E-state index in [1.54, 1.807) is 22.6 Å². The summed E-state index contributed by atoms with van der Waals surface area (Å²) in [5, 5.41) is 10.8. The van der Waals surface area contributed by atoms with E-state index in [2.05, 4.69) is 27.8 Å². The molecule has 0 aliphatic heterocycles.